The van der Waals surface area contributed by atoms with Crippen LogP contribution in [0.1, 0.15) is 213 Å². The standard InChI is InChI=1S/C29H35N2O.C28H33N2O.C24H27N2O.C23H25N2O/c1-19-11-13-22-23-14-15-24(21-9-7-6-8-10-21)30-28(23)32-27(22)26(19)25-16-12-20(18-31(25)5)17-29(2,3)4;1-18-10-12-21-22-13-14-23(20-8-6-7-9-20)29-27(22)31-26(21)25(18)24-15-11-19(17-30(24)5)16-28(2,3)4;1-6-18-8-10-20-19-9-7-16(4)22(23(19)27-24(20)25-18)21-14-17(13-15(2)3)11-12-26(21)5;1-14(2)12-17-10-11-25(5)20(13-17)21-15(3)6-8-18-19-9-7-16(4)24-23(19)26-22(18)21/h11-16,18,21H,6-10,17H2,1-5H3;10-15,17,20H,6-9,16H2,1-5H3;7-12,14-15H,6,13H2,1-5H3;6-11,13-14H,12H2,1-5H3/q4*+1. The Balaban J connectivity index is 0.000000122. The minimum absolute atomic E-state index is 0.269. The van der Waals surface area contributed by atoms with Crippen LogP contribution in [0.5, 0.6) is 0 Å². The first-order valence-electron chi connectivity index (χ1n) is 42.7. The molecule has 12 heterocycles. The number of furan rings is 4. The highest BCUT2D eigenvalue weighted by Crippen LogP contribution is 2.44. The predicted molar refractivity (Wildman–Crippen MR) is 476 cm³/mol. The fourth-order valence-corrected chi connectivity index (χ4v) is 18.2. The summed E-state index contributed by atoms with van der Waals surface area (Å²) in [7, 11) is 8.47. The third-order valence-corrected chi connectivity index (χ3v) is 23.9. The molecule has 18 rings (SSSR count). The van der Waals surface area contributed by atoms with Crippen LogP contribution in [0.4, 0.5) is 0 Å². The second kappa shape index (κ2) is 33.1. The molecule has 2 aliphatic rings. The lowest BCUT2D eigenvalue weighted by Crippen LogP contribution is -2.32. The van der Waals surface area contributed by atoms with Crippen molar-refractivity contribution in [1.82, 2.24) is 19.9 Å². The van der Waals surface area contributed by atoms with Gasteiger partial charge in [-0.15, -0.1) is 0 Å². The van der Waals surface area contributed by atoms with Crippen LogP contribution in [0.2, 0.25) is 0 Å². The molecule has 0 radical (unpaired) electrons. The van der Waals surface area contributed by atoms with Gasteiger partial charge in [0.05, 0.1) is 22.3 Å². The summed E-state index contributed by atoms with van der Waals surface area (Å²) in [4.78, 5) is 19.3. The fourth-order valence-electron chi connectivity index (χ4n) is 18.2. The van der Waals surface area contributed by atoms with E-state index in [0.29, 0.717) is 29.4 Å². The Bertz CT molecular complexity index is 6350. The molecule has 2 aliphatic carbocycles. The number of fused-ring (bicyclic) bond motifs is 12. The van der Waals surface area contributed by atoms with Crippen molar-refractivity contribution < 1.29 is 35.9 Å². The van der Waals surface area contributed by atoms with Crippen LogP contribution in [0, 0.1) is 57.3 Å². The average Bonchev–Trinajstić information content (AvgIpc) is 1.61. The molecule has 0 N–H and O–H groups in total. The van der Waals surface area contributed by atoms with Crippen LogP contribution in [0.15, 0.2) is 188 Å². The van der Waals surface area contributed by atoms with Crippen LogP contribution in [-0.4, -0.2) is 19.9 Å². The number of hydrogen-bond acceptors (Lipinski definition) is 8. The third kappa shape index (κ3) is 17.0. The predicted octanol–water partition coefficient (Wildman–Crippen LogP) is 25.3. The highest BCUT2D eigenvalue weighted by Gasteiger charge is 2.30. The van der Waals surface area contributed by atoms with Gasteiger partial charge in [-0.25, -0.2) is 38.2 Å². The maximum atomic E-state index is 6.49. The molecule has 0 amide bonds. The lowest BCUT2D eigenvalue weighted by atomic mass is 9.86. The fraction of sp³-hybridized carbons (Fsp3) is 0.385. The second-order valence-corrected chi connectivity index (χ2v) is 37.1. The summed E-state index contributed by atoms with van der Waals surface area (Å²) in [5.41, 5.74) is 31.4. The Hall–Kier alpha value is -10.7. The van der Waals surface area contributed by atoms with E-state index in [1.807, 2.05) is 13.0 Å². The molecule has 4 aromatic carbocycles. The Labute approximate surface area is 686 Å². The van der Waals surface area contributed by atoms with Gasteiger partial charge in [-0.05, 0) is 209 Å². The molecule has 0 bridgehead atoms. The number of nitrogens with zero attached hydrogens (tertiary/aromatic N) is 8. The van der Waals surface area contributed by atoms with E-state index in [2.05, 4.69) is 320 Å². The van der Waals surface area contributed by atoms with Crippen LogP contribution in [0.25, 0.3) is 133 Å². The van der Waals surface area contributed by atoms with E-state index in [9.17, 15) is 0 Å². The van der Waals surface area contributed by atoms with Crippen LogP contribution < -0.4 is 18.3 Å². The molecule has 0 saturated heterocycles. The molecule has 2 fully saturated rings. The van der Waals surface area contributed by atoms with E-state index in [1.54, 1.807) is 0 Å². The highest BCUT2D eigenvalue weighted by atomic mass is 16.4. The minimum Gasteiger partial charge on any atom is -0.437 e. The SMILES string of the molecule is CCc1ccc2c(n1)oc1c(-c3cc(CC(C)C)cc[n+]3C)c(C)ccc12.Cc1ccc2c(n1)oc1c(-c3cc(CC(C)C)cc[n+]3C)c(C)ccc12.Cc1ccc2c(oc3nc(C4CCCC4)ccc32)c1-c1ccc(CC(C)(C)C)c[n+]1C.Cc1ccc2c(oc3nc(C4CCCCC4)ccc32)c1-c1ccc(CC(C)(C)C)c[n+]1C. The van der Waals surface area contributed by atoms with Crippen molar-refractivity contribution >= 4 is 88.3 Å². The Kier molecular flexibility index (Phi) is 23.0. The van der Waals surface area contributed by atoms with E-state index in [4.69, 9.17) is 32.6 Å². The van der Waals surface area contributed by atoms with Crippen molar-refractivity contribution in [2.75, 3.05) is 0 Å². The zero-order valence-corrected chi connectivity index (χ0v) is 72.6. The van der Waals surface area contributed by atoms with Gasteiger partial charge in [0.1, 0.15) is 28.2 Å². The van der Waals surface area contributed by atoms with Crippen molar-refractivity contribution in [3.63, 3.8) is 0 Å². The number of benzene rings is 4. The van der Waals surface area contributed by atoms with E-state index in [1.165, 1.54) is 148 Å². The van der Waals surface area contributed by atoms with Crippen molar-refractivity contribution in [3.8, 4) is 45.0 Å². The number of rotatable bonds is 13. The van der Waals surface area contributed by atoms with Crippen molar-refractivity contribution in [2.24, 2.45) is 50.9 Å². The topological polar surface area (TPSA) is 120 Å². The zero-order valence-electron chi connectivity index (χ0n) is 72.6. The first-order valence-corrected chi connectivity index (χ1v) is 42.7. The molecular formula is C104H120N8O4+4. The lowest BCUT2D eigenvalue weighted by Gasteiger charge is -2.20. The highest BCUT2D eigenvalue weighted by molar-refractivity contribution is 6.12. The number of hydrogen-bond donors (Lipinski definition) is 0. The van der Waals surface area contributed by atoms with Gasteiger partial charge in [-0.3, -0.25) is 0 Å². The summed E-state index contributed by atoms with van der Waals surface area (Å²) >= 11 is 0. The average molecular weight is 1550 g/mol. The first-order chi connectivity index (χ1) is 55.5. The molecule has 0 unspecified atom stereocenters. The van der Waals surface area contributed by atoms with Crippen LogP contribution in [-0.2, 0) is 60.3 Å². The molecule has 12 nitrogen and oxygen atoms in total. The number of pyridine rings is 8. The Morgan fingerprint density at radius 3 is 1.05 bits per heavy atom. The summed E-state index contributed by atoms with van der Waals surface area (Å²) in [6.45, 7) is 35.5. The van der Waals surface area contributed by atoms with Gasteiger partial charge < -0.3 is 17.7 Å². The molecule has 0 atom stereocenters. The summed E-state index contributed by atoms with van der Waals surface area (Å²) in [5.74, 6) is 2.43. The van der Waals surface area contributed by atoms with E-state index in [-0.39, 0.29) is 10.8 Å². The molecule has 116 heavy (non-hydrogen) atoms. The Morgan fingerprint density at radius 1 is 0.353 bits per heavy atom. The molecule has 0 spiro atoms. The number of aromatic nitrogens is 8. The minimum atomic E-state index is 0.269. The molecule has 16 aromatic rings. The normalized spacial score (nSPS) is 13.8. The van der Waals surface area contributed by atoms with Gasteiger partial charge in [0.15, 0.2) is 47.1 Å². The van der Waals surface area contributed by atoms with Crippen LogP contribution >= 0.6 is 0 Å². The molecule has 12 heteroatoms. The molecular weight excluding hydrogens is 1430 g/mol. The van der Waals surface area contributed by atoms with Gasteiger partial charge in [0, 0.05) is 125 Å². The van der Waals surface area contributed by atoms with Crippen molar-refractivity contribution in [2.45, 2.75) is 213 Å². The van der Waals surface area contributed by atoms with Gasteiger partial charge >= 0.3 is 0 Å². The summed E-state index contributed by atoms with van der Waals surface area (Å²) in [6.07, 6.45) is 25.6. The van der Waals surface area contributed by atoms with Gasteiger partial charge in [0.2, 0.25) is 45.6 Å². The zero-order chi connectivity index (χ0) is 81.8. The summed E-state index contributed by atoms with van der Waals surface area (Å²) < 4.78 is 34.4. The molecule has 0 aliphatic heterocycles. The summed E-state index contributed by atoms with van der Waals surface area (Å²) in [6, 6.07) is 52.8. The first kappa shape index (κ1) is 80.5. The van der Waals surface area contributed by atoms with Gasteiger partial charge in [-0.2, -0.15) is 0 Å². The third-order valence-electron chi connectivity index (χ3n) is 23.9. The van der Waals surface area contributed by atoms with E-state index < -0.39 is 0 Å². The number of aryl methyl sites for hydroxylation is 10. The van der Waals surface area contributed by atoms with Gasteiger partial charge in [-0.1, -0.05) is 157 Å². The largest absolute Gasteiger partial charge is 0.437 e. The molecule has 12 aromatic heterocycles. The van der Waals surface area contributed by atoms with Crippen molar-refractivity contribution in [3.05, 3.63) is 238 Å². The quantitative estimate of drug-likeness (QED) is 0.105. The lowest BCUT2D eigenvalue weighted by molar-refractivity contribution is -0.660. The maximum Gasteiger partial charge on any atom is 0.227 e. The second-order valence-electron chi connectivity index (χ2n) is 37.1. The smallest absolute Gasteiger partial charge is 0.227 e. The summed E-state index contributed by atoms with van der Waals surface area (Å²) in [5, 5.41) is 8.97. The monoisotopic (exact) mass is 1540 g/mol. The van der Waals surface area contributed by atoms with E-state index in [0.717, 1.165) is 137 Å². The molecule has 596 valence electrons. The van der Waals surface area contributed by atoms with Crippen molar-refractivity contribution in [1.29, 1.82) is 0 Å². The Morgan fingerprint density at radius 2 is 0.690 bits per heavy atom. The molecule has 2 saturated carbocycles. The van der Waals surface area contributed by atoms with Gasteiger partial charge in [0.25, 0.3) is 0 Å². The van der Waals surface area contributed by atoms with E-state index >= 15 is 0 Å². The van der Waals surface area contributed by atoms with Crippen LogP contribution in [0.3, 0.4) is 0 Å². The maximum absolute atomic E-state index is 6.49.